The highest BCUT2D eigenvalue weighted by molar-refractivity contribution is 7.18. The highest BCUT2D eigenvalue weighted by atomic mass is 32.1. The normalized spacial score (nSPS) is 17.3. The van der Waals surface area contributed by atoms with Crippen LogP contribution < -0.4 is 4.90 Å². The number of morpholine rings is 1. The summed E-state index contributed by atoms with van der Waals surface area (Å²) in [6, 6.07) is 23.2. The van der Waals surface area contributed by atoms with Crippen LogP contribution in [0.15, 0.2) is 66.7 Å². The molecular weight excluding hydrogens is 430 g/mol. The summed E-state index contributed by atoms with van der Waals surface area (Å²) in [5.74, 6) is 0.166. The Morgan fingerprint density at radius 3 is 2.21 bits per heavy atom. The fourth-order valence-electron chi connectivity index (χ4n) is 4.57. The topological polar surface area (TPSA) is 36.0 Å². The fraction of sp³-hybridized carbons (Fsp3) is 0.370. The van der Waals surface area contributed by atoms with Gasteiger partial charge in [0.1, 0.15) is 0 Å². The highest BCUT2D eigenvalue weighted by Crippen LogP contribution is 2.40. The molecule has 0 radical (unpaired) electrons. The minimum absolute atomic E-state index is 0.166. The first-order valence-corrected chi connectivity index (χ1v) is 12.7. The molecule has 0 N–H and O–H groups in total. The van der Waals surface area contributed by atoms with Crippen LogP contribution in [-0.4, -0.2) is 74.7 Å². The number of piperazine rings is 1. The van der Waals surface area contributed by atoms with E-state index in [0.717, 1.165) is 75.9 Å². The summed E-state index contributed by atoms with van der Waals surface area (Å²) >= 11 is 1.64. The van der Waals surface area contributed by atoms with Crippen molar-refractivity contribution in [1.82, 2.24) is 9.80 Å². The van der Waals surface area contributed by atoms with E-state index in [2.05, 4.69) is 70.5 Å². The Labute approximate surface area is 200 Å². The van der Waals surface area contributed by atoms with Gasteiger partial charge in [0.25, 0.3) is 5.91 Å². The van der Waals surface area contributed by atoms with Crippen LogP contribution in [0.2, 0.25) is 0 Å². The zero-order valence-corrected chi connectivity index (χ0v) is 19.8. The van der Waals surface area contributed by atoms with Crippen molar-refractivity contribution in [1.29, 1.82) is 0 Å². The number of benzene rings is 2. The lowest BCUT2D eigenvalue weighted by molar-refractivity contribution is 0.0643. The van der Waals surface area contributed by atoms with Crippen molar-refractivity contribution in [3.05, 3.63) is 77.2 Å². The summed E-state index contributed by atoms with van der Waals surface area (Å²) in [6.07, 6.45) is 1.06. The molecule has 172 valence electrons. The fourth-order valence-corrected chi connectivity index (χ4v) is 5.77. The molecule has 2 saturated heterocycles. The minimum atomic E-state index is 0.166. The van der Waals surface area contributed by atoms with Crippen molar-refractivity contribution in [2.45, 2.75) is 6.42 Å². The van der Waals surface area contributed by atoms with Crippen LogP contribution in [0, 0.1) is 0 Å². The first-order valence-electron chi connectivity index (χ1n) is 11.9. The van der Waals surface area contributed by atoms with Gasteiger partial charge in [-0.25, -0.2) is 0 Å². The maximum absolute atomic E-state index is 13.4. The second kappa shape index (κ2) is 10.5. The standard InChI is InChI=1S/C27H31N3O2S/c31-26(29-15-13-28(14-16-29)12-11-22-7-3-1-4-8-22)25-21-24(23-9-5-2-6-10-23)27(33-25)30-17-19-32-20-18-30/h1-10,21H,11-20H2. The van der Waals surface area contributed by atoms with Crippen LogP contribution in [0.1, 0.15) is 15.2 Å². The quantitative estimate of drug-likeness (QED) is 0.550. The summed E-state index contributed by atoms with van der Waals surface area (Å²) in [6.45, 7) is 7.71. The number of ether oxygens (including phenoxy) is 1. The van der Waals surface area contributed by atoms with Gasteiger partial charge in [0, 0.05) is 51.4 Å². The van der Waals surface area contributed by atoms with Crippen LogP contribution in [-0.2, 0) is 11.2 Å². The Hall–Kier alpha value is -2.67. The third-order valence-electron chi connectivity index (χ3n) is 6.53. The van der Waals surface area contributed by atoms with E-state index in [1.165, 1.54) is 16.1 Å². The van der Waals surface area contributed by atoms with Crippen molar-refractivity contribution in [2.75, 3.05) is 63.9 Å². The molecule has 2 aliphatic rings. The SMILES string of the molecule is O=C(c1cc(-c2ccccc2)c(N2CCOCC2)s1)N1CCN(CCc2ccccc2)CC1. The molecule has 1 amide bonds. The summed E-state index contributed by atoms with van der Waals surface area (Å²) in [7, 11) is 0. The zero-order chi connectivity index (χ0) is 22.5. The smallest absolute Gasteiger partial charge is 0.264 e. The van der Waals surface area contributed by atoms with E-state index in [4.69, 9.17) is 4.74 Å². The molecule has 0 unspecified atom stereocenters. The van der Waals surface area contributed by atoms with E-state index in [9.17, 15) is 4.79 Å². The van der Waals surface area contributed by atoms with Crippen LogP contribution in [0.5, 0.6) is 0 Å². The van der Waals surface area contributed by atoms with Gasteiger partial charge >= 0.3 is 0 Å². The Morgan fingerprint density at radius 1 is 0.848 bits per heavy atom. The summed E-state index contributed by atoms with van der Waals surface area (Å²) in [4.78, 5) is 21.2. The number of nitrogens with zero attached hydrogens (tertiary/aromatic N) is 3. The van der Waals surface area contributed by atoms with Crippen LogP contribution in [0.4, 0.5) is 5.00 Å². The Bertz CT molecular complexity index is 1040. The number of amides is 1. The first kappa shape index (κ1) is 22.1. The van der Waals surface area contributed by atoms with Crippen molar-refractivity contribution < 1.29 is 9.53 Å². The summed E-state index contributed by atoms with van der Waals surface area (Å²) in [5, 5.41) is 1.19. The Morgan fingerprint density at radius 2 is 1.52 bits per heavy atom. The molecule has 33 heavy (non-hydrogen) atoms. The molecule has 2 aliphatic heterocycles. The lowest BCUT2D eigenvalue weighted by atomic mass is 10.1. The average molecular weight is 462 g/mol. The van der Waals surface area contributed by atoms with Crippen LogP contribution >= 0.6 is 11.3 Å². The second-order valence-electron chi connectivity index (χ2n) is 8.66. The summed E-state index contributed by atoms with van der Waals surface area (Å²) < 4.78 is 5.56. The van der Waals surface area contributed by atoms with Crippen molar-refractivity contribution in [3.8, 4) is 11.1 Å². The molecule has 5 nitrogen and oxygen atoms in total. The van der Waals surface area contributed by atoms with Gasteiger partial charge in [-0.1, -0.05) is 60.7 Å². The minimum Gasteiger partial charge on any atom is -0.378 e. The number of hydrogen-bond donors (Lipinski definition) is 0. The molecule has 0 aliphatic carbocycles. The molecule has 0 bridgehead atoms. The number of hydrogen-bond acceptors (Lipinski definition) is 5. The lowest BCUT2D eigenvalue weighted by Gasteiger charge is -2.34. The van der Waals surface area contributed by atoms with Gasteiger partial charge in [0.2, 0.25) is 0 Å². The van der Waals surface area contributed by atoms with Gasteiger partial charge in [0.05, 0.1) is 23.1 Å². The molecule has 3 heterocycles. The third kappa shape index (κ3) is 5.29. The van der Waals surface area contributed by atoms with Gasteiger partial charge in [-0.3, -0.25) is 9.69 Å². The Balaban J connectivity index is 1.26. The second-order valence-corrected chi connectivity index (χ2v) is 9.70. The molecule has 1 aromatic heterocycles. The number of rotatable bonds is 6. The maximum atomic E-state index is 13.4. The zero-order valence-electron chi connectivity index (χ0n) is 19.0. The first-order chi connectivity index (χ1) is 16.3. The van der Waals surface area contributed by atoms with Gasteiger partial charge < -0.3 is 14.5 Å². The van der Waals surface area contributed by atoms with E-state index in [1.54, 1.807) is 11.3 Å². The molecule has 5 rings (SSSR count). The largest absolute Gasteiger partial charge is 0.378 e. The molecule has 2 fully saturated rings. The molecule has 0 atom stereocenters. The van der Waals surface area contributed by atoms with Crippen LogP contribution in [0.3, 0.4) is 0 Å². The molecular formula is C27H31N3O2S. The van der Waals surface area contributed by atoms with E-state index < -0.39 is 0 Å². The molecule has 2 aromatic carbocycles. The van der Waals surface area contributed by atoms with E-state index in [-0.39, 0.29) is 5.91 Å². The number of carbonyl (C=O) groups excluding carboxylic acids is 1. The van der Waals surface area contributed by atoms with Crippen molar-refractivity contribution in [3.63, 3.8) is 0 Å². The maximum Gasteiger partial charge on any atom is 0.264 e. The van der Waals surface area contributed by atoms with Gasteiger partial charge in [-0.2, -0.15) is 0 Å². The van der Waals surface area contributed by atoms with Gasteiger partial charge in [-0.15, -0.1) is 11.3 Å². The van der Waals surface area contributed by atoms with Crippen molar-refractivity contribution in [2.24, 2.45) is 0 Å². The van der Waals surface area contributed by atoms with Crippen LogP contribution in [0.25, 0.3) is 11.1 Å². The monoisotopic (exact) mass is 461 g/mol. The molecule has 3 aromatic rings. The molecule has 6 heteroatoms. The van der Waals surface area contributed by atoms with E-state index >= 15 is 0 Å². The predicted molar refractivity (Wildman–Crippen MR) is 135 cm³/mol. The van der Waals surface area contributed by atoms with E-state index in [1.807, 2.05) is 11.0 Å². The van der Waals surface area contributed by atoms with Gasteiger partial charge in [0.15, 0.2) is 0 Å². The molecule has 0 saturated carbocycles. The number of anilines is 1. The van der Waals surface area contributed by atoms with E-state index in [0.29, 0.717) is 0 Å². The average Bonchev–Trinajstić information content (AvgIpc) is 3.35. The van der Waals surface area contributed by atoms with Gasteiger partial charge in [-0.05, 0) is 23.6 Å². The number of thiophene rings is 1. The summed E-state index contributed by atoms with van der Waals surface area (Å²) in [5.41, 5.74) is 3.70. The molecule has 0 spiro atoms. The number of carbonyl (C=O) groups is 1. The Kier molecular flexibility index (Phi) is 7.05. The third-order valence-corrected chi connectivity index (χ3v) is 7.71. The predicted octanol–water partition coefficient (Wildman–Crippen LogP) is 4.25. The van der Waals surface area contributed by atoms with Crippen molar-refractivity contribution >= 4 is 22.2 Å². The lowest BCUT2D eigenvalue weighted by Crippen LogP contribution is -2.49. The highest BCUT2D eigenvalue weighted by Gasteiger charge is 2.26.